The maximum absolute atomic E-state index is 11.9. The minimum atomic E-state index is -0.787. The second kappa shape index (κ2) is 4.94. The molecule has 1 atom stereocenters. The van der Waals surface area contributed by atoms with Gasteiger partial charge in [0.1, 0.15) is 6.33 Å². The summed E-state index contributed by atoms with van der Waals surface area (Å²) >= 11 is 0. The van der Waals surface area contributed by atoms with E-state index in [0.717, 1.165) is 6.42 Å². The molecular formula is C10H14N4O3. The van der Waals surface area contributed by atoms with Gasteiger partial charge in [-0.2, -0.15) is 5.10 Å². The van der Waals surface area contributed by atoms with E-state index in [2.05, 4.69) is 15.2 Å². The summed E-state index contributed by atoms with van der Waals surface area (Å²) in [5, 5.41) is 14.8. The first-order chi connectivity index (χ1) is 8.16. The molecule has 0 spiro atoms. The minimum absolute atomic E-state index is 0.162. The van der Waals surface area contributed by atoms with Crippen LogP contribution in [0.5, 0.6) is 0 Å². The molecule has 0 aliphatic carbocycles. The van der Waals surface area contributed by atoms with Gasteiger partial charge >= 0.3 is 5.97 Å². The van der Waals surface area contributed by atoms with Crippen LogP contribution in [0.2, 0.25) is 0 Å². The zero-order valence-electron chi connectivity index (χ0n) is 9.30. The number of carboxylic acid groups (broad SMARTS) is 1. The average Bonchev–Trinajstić information content (AvgIpc) is 2.97. The molecule has 2 N–H and O–H groups in total. The van der Waals surface area contributed by atoms with E-state index >= 15 is 0 Å². The number of amides is 1. The summed E-state index contributed by atoms with van der Waals surface area (Å²) in [6.45, 7) is 1.26. The average molecular weight is 238 g/mol. The lowest BCUT2D eigenvalue weighted by molar-refractivity contribution is -0.137. The largest absolute Gasteiger partial charge is 0.481 e. The molecule has 2 rings (SSSR count). The van der Waals surface area contributed by atoms with Crippen LogP contribution in [0.15, 0.2) is 6.33 Å². The van der Waals surface area contributed by atoms with Crippen molar-refractivity contribution in [2.24, 2.45) is 5.92 Å². The van der Waals surface area contributed by atoms with Crippen molar-refractivity contribution in [3.05, 3.63) is 12.2 Å². The first kappa shape index (κ1) is 11.6. The number of rotatable bonds is 4. The van der Waals surface area contributed by atoms with Crippen molar-refractivity contribution in [2.75, 3.05) is 13.1 Å². The number of likely N-dealkylation sites (tertiary alicyclic amines) is 1. The highest BCUT2D eigenvalue weighted by Crippen LogP contribution is 2.21. The van der Waals surface area contributed by atoms with Crippen LogP contribution >= 0.6 is 0 Å². The van der Waals surface area contributed by atoms with Gasteiger partial charge in [0.2, 0.25) is 5.82 Å². The first-order valence-electron chi connectivity index (χ1n) is 5.53. The second-order valence-corrected chi connectivity index (χ2v) is 4.17. The number of H-pyrrole nitrogens is 1. The predicted octanol–water partition coefficient (Wildman–Crippen LogP) is 0.132. The van der Waals surface area contributed by atoms with Gasteiger partial charge in [0.25, 0.3) is 5.91 Å². The Bertz CT molecular complexity index is 404. The second-order valence-electron chi connectivity index (χ2n) is 4.17. The lowest BCUT2D eigenvalue weighted by Gasteiger charge is -2.14. The molecule has 1 amide bonds. The van der Waals surface area contributed by atoms with Gasteiger partial charge in [-0.05, 0) is 18.8 Å². The number of nitrogens with zero attached hydrogens (tertiary/aromatic N) is 3. The minimum Gasteiger partial charge on any atom is -0.481 e. The molecule has 7 nitrogen and oxygen atoms in total. The summed E-state index contributed by atoms with van der Waals surface area (Å²) in [7, 11) is 0. The van der Waals surface area contributed by atoms with Gasteiger partial charge in [-0.3, -0.25) is 14.7 Å². The van der Waals surface area contributed by atoms with Crippen LogP contribution in [-0.4, -0.2) is 50.2 Å². The third-order valence-corrected chi connectivity index (χ3v) is 2.96. The molecule has 7 heteroatoms. The number of hydrogen-bond acceptors (Lipinski definition) is 4. The SMILES string of the molecule is O=C(O)CCC1CCN(C(=O)c2ncn[nH]2)C1. The van der Waals surface area contributed by atoms with Crippen LogP contribution in [0.4, 0.5) is 0 Å². The molecule has 1 aromatic heterocycles. The molecule has 1 aromatic rings. The number of aliphatic carboxylic acids is 1. The number of hydrogen-bond donors (Lipinski definition) is 2. The fraction of sp³-hybridized carbons (Fsp3) is 0.600. The Balaban J connectivity index is 1.85. The maximum atomic E-state index is 11.9. The van der Waals surface area contributed by atoms with Crippen molar-refractivity contribution in [2.45, 2.75) is 19.3 Å². The molecule has 1 unspecified atom stereocenters. The fourth-order valence-electron chi connectivity index (χ4n) is 2.04. The quantitative estimate of drug-likeness (QED) is 0.776. The van der Waals surface area contributed by atoms with Crippen LogP contribution in [0.3, 0.4) is 0 Å². The van der Waals surface area contributed by atoms with Gasteiger partial charge in [-0.1, -0.05) is 0 Å². The van der Waals surface area contributed by atoms with Gasteiger partial charge < -0.3 is 10.0 Å². The van der Waals surface area contributed by atoms with E-state index in [4.69, 9.17) is 5.11 Å². The highest BCUT2D eigenvalue weighted by Gasteiger charge is 2.28. The lowest BCUT2D eigenvalue weighted by Crippen LogP contribution is -2.29. The van der Waals surface area contributed by atoms with E-state index in [1.165, 1.54) is 6.33 Å². The number of carboxylic acids is 1. The lowest BCUT2D eigenvalue weighted by atomic mass is 10.0. The molecular weight excluding hydrogens is 224 g/mol. The molecule has 0 aromatic carbocycles. The van der Waals surface area contributed by atoms with E-state index < -0.39 is 5.97 Å². The molecule has 0 bridgehead atoms. The number of carbonyl (C=O) groups excluding carboxylic acids is 1. The van der Waals surface area contributed by atoms with E-state index in [9.17, 15) is 9.59 Å². The first-order valence-corrected chi connectivity index (χ1v) is 5.53. The number of nitrogens with one attached hydrogen (secondary N) is 1. The maximum Gasteiger partial charge on any atom is 0.303 e. The van der Waals surface area contributed by atoms with Crippen molar-refractivity contribution in [1.82, 2.24) is 20.1 Å². The summed E-state index contributed by atoms with van der Waals surface area (Å²) in [5.41, 5.74) is 0. The Kier molecular flexibility index (Phi) is 3.36. The smallest absolute Gasteiger partial charge is 0.303 e. The van der Waals surface area contributed by atoms with Gasteiger partial charge in [-0.15, -0.1) is 0 Å². The molecule has 17 heavy (non-hydrogen) atoms. The van der Waals surface area contributed by atoms with Crippen molar-refractivity contribution >= 4 is 11.9 Å². The monoisotopic (exact) mass is 238 g/mol. The van der Waals surface area contributed by atoms with Crippen LogP contribution in [0.1, 0.15) is 29.9 Å². The Morgan fingerprint density at radius 1 is 1.59 bits per heavy atom. The van der Waals surface area contributed by atoms with Crippen molar-refractivity contribution in [3.8, 4) is 0 Å². The Labute approximate surface area is 97.8 Å². The Morgan fingerprint density at radius 2 is 2.41 bits per heavy atom. The van der Waals surface area contributed by atoms with Crippen LogP contribution in [0, 0.1) is 5.92 Å². The number of aromatic amines is 1. The normalized spacial score (nSPS) is 19.5. The Hall–Kier alpha value is -1.92. The van der Waals surface area contributed by atoms with E-state index in [0.29, 0.717) is 19.5 Å². The molecule has 2 heterocycles. The molecule has 1 aliphatic heterocycles. The highest BCUT2D eigenvalue weighted by atomic mass is 16.4. The van der Waals surface area contributed by atoms with E-state index in [1.807, 2.05) is 0 Å². The van der Waals surface area contributed by atoms with Crippen LogP contribution < -0.4 is 0 Å². The van der Waals surface area contributed by atoms with Crippen LogP contribution in [-0.2, 0) is 4.79 Å². The summed E-state index contributed by atoms with van der Waals surface area (Å²) in [6.07, 6.45) is 2.93. The standard InChI is InChI=1S/C10H14N4O3/c15-8(16)2-1-7-3-4-14(5-7)10(17)9-11-6-12-13-9/h6-7H,1-5H2,(H,15,16)(H,11,12,13). The molecule has 0 radical (unpaired) electrons. The topological polar surface area (TPSA) is 99.2 Å². The van der Waals surface area contributed by atoms with Gasteiger partial charge in [0.15, 0.2) is 0 Å². The molecule has 1 aliphatic rings. The molecule has 0 saturated carbocycles. The summed E-state index contributed by atoms with van der Waals surface area (Å²) in [6, 6.07) is 0. The third-order valence-electron chi connectivity index (χ3n) is 2.96. The molecule has 1 fully saturated rings. The zero-order chi connectivity index (χ0) is 12.3. The van der Waals surface area contributed by atoms with Crippen molar-refractivity contribution in [1.29, 1.82) is 0 Å². The van der Waals surface area contributed by atoms with Gasteiger partial charge in [0.05, 0.1) is 0 Å². The van der Waals surface area contributed by atoms with Crippen LogP contribution in [0.25, 0.3) is 0 Å². The summed E-state index contributed by atoms with van der Waals surface area (Å²) < 4.78 is 0. The Morgan fingerprint density at radius 3 is 3.06 bits per heavy atom. The summed E-state index contributed by atoms with van der Waals surface area (Å²) in [5.74, 6) is -0.438. The number of aromatic nitrogens is 3. The summed E-state index contributed by atoms with van der Waals surface area (Å²) in [4.78, 5) is 27.8. The van der Waals surface area contributed by atoms with Gasteiger partial charge in [-0.25, -0.2) is 4.98 Å². The van der Waals surface area contributed by atoms with Gasteiger partial charge in [0, 0.05) is 19.5 Å². The predicted molar refractivity (Wildman–Crippen MR) is 57.3 cm³/mol. The molecule has 92 valence electrons. The zero-order valence-corrected chi connectivity index (χ0v) is 9.30. The highest BCUT2D eigenvalue weighted by molar-refractivity contribution is 5.90. The van der Waals surface area contributed by atoms with E-state index in [1.54, 1.807) is 4.90 Å². The fourth-order valence-corrected chi connectivity index (χ4v) is 2.04. The van der Waals surface area contributed by atoms with E-state index in [-0.39, 0.29) is 24.1 Å². The van der Waals surface area contributed by atoms with Crippen molar-refractivity contribution in [3.63, 3.8) is 0 Å². The third kappa shape index (κ3) is 2.80. The van der Waals surface area contributed by atoms with Crippen molar-refractivity contribution < 1.29 is 14.7 Å². The molecule has 1 saturated heterocycles. The number of carbonyl (C=O) groups is 2.